The van der Waals surface area contributed by atoms with Crippen LogP contribution in [0.5, 0.6) is 0 Å². The summed E-state index contributed by atoms with van der Waals surface area (Å²) in [5.74, 6) is -0.894. The molecular formula is C19H26N2O5. The molecule has 142 valence electrons. The Balaban J connectivity index is 1.84. The molecule has 1 aliphatic rings. The van der Waals surface area contributed by atoms with E-state index >= 15 is 0 Å². The lowest BCUT2D eigenvalue weighted by molar-refractivity contribution is -0.150. The lowest BCUT2D eigenvalue weighted by Gasteiger charge is -2.30. The highest BCUT2D eigenvalue weighted by molar-refractivity contribution is 5.94. The number of hydrogen-bond donors (Lipinski definition) is 1. The topological polar surface area (TPSA) is 84.9 Å². The van der Waals surface area contributed by atoms with Crippen LogP contribution in [0.2, 0.25) is 0 Å². The van der Waals surface area contributed by atoms with Gasteiger partial charge in [-0.15, -0.1) is 0 Å². The third-order valence-electron chi connectivity index (χ3n) is 4.17. The molecule has 1 aromatic rings. The molecule has 26 heavy (non-hydrogen) atoms. The van der Waals surface area contributed by atoms with Crippen LogP contribution in [0.4, 0.5) is 5.69 Å². The van der Waals surface area contributed by atoms with Gasteiger partial charge in [0, 0.05) is 12.2 Å². The molecule has 2 rings (SSSR count). The van der Waals surface area contributed by atoms with Gasteiger partial charge in [0.2, 0.25) is 5.91 Å². The van der Waals surface area contributed by atoms with Gasteiger partial charge < -0.3 is 14.8 Å². The second-order valence-electron chi connectivity index (χ2n) is 6.17. The van der Waals surface area contributed by atoms with Crippen LogP contribution in [-0.2, 0) is 19.1 Å². The Morgan fingerprint density at radius 3 is 2.46 bits per heavy atom. The summed E-state index contributed by atoms with van der Waals surface area (Å²) in [5, 5.41) is 2.81. The molecule has 1 saturated heterocycles. The van der Waals surface area contributed by atoms with Crippen molar-refractivity contribution in [1.82, 2.24) is 4.90 Å². The highest BCUT2D eigenvalue weighted by Gasteiger charge is 2.27. The van der Waals surface area contributed by atoms with Gasteiger partial charge in [-0.1, -0.05) is 0 Å². The van der Waals surface area contributed by atoms with Crippen LogP contribution in [0.1, 0.15) is 37.0 Å². The van der Waals surface area contributed by atoms with Crippen molar-refractivity contribution < 1.29 is 23.9 Å². The Labute approximate surface area is 153 Å². The summed E-state index contributed by atoms with van der Waals surface area (Å²) < 4.78 is 10.00. The fourth-order valence-corrected chi connectivity index (χ4v) is 2.96. The van der Waals surface area contributed by atoms with Gasteiger partial charge >= 0.3 is 11.9 Å². The van der Waals surface area contributed by atoms with Gasteiger partial charge in [0.25, 0.3) is 0 Å². The summed E-state index contributed by atoms with van der Waals surface area (Å²) in [6.45, 7) is 5.77. The second kappa shape index (κ2) is 9.91. The Morgan fingerprint density at radius 1 is 1.12 bits per heavy atom. The van der Waals surface area contributed by atoms with Crippen molar-refractivity contribution >= 4 is 23.5 Å². The highest BCUT2D eigenvalue weighted by atomic mass is 16.5. The molecule has 0 bridgehead atoms. The number of rotatable bonds is 7. The normalized spacial score (nSPS) is 17.4. The molecule has 1 aromatic carbocycles. The Bertz CT molecular complexity index is 629. The number of amides is 1. The van der Waals surface area contributed by atoms with E-state index in [4.69, 9.17) is 9.47 Å². The summed E-state index contributed by atoms with van der Waals surface area (Å²) in [6.07, 6.45) is 1.66. The molecule has 0 spiro atoms. The first-order valence-corrected chi connectivity index (χ1v) is 8.99. The van der Waals surface area contributed by atoms with Gasteiger partial charge in [0.05, 0.1) is 31.2 Å². The molecule has 1 fully saturated rings. The lowest BCUT2D eigenvalue weighted by Crippen LogP contribution is -2.43. The van der Waals surface area contributed by atoms with E-state index in [9.17, 15) is 14.4 Å². The molecule has 0 saturated carbocycles. The number of benzene rings is 1. The Hall–Kier alpha value is -2.41. The molecule has 1 unspecified atom stereocenters. The lowest BCUT2D eigenvalue weighted by atomic mass is 9.98. The zero-order valence-corrected chi connectivity index (χ0v) is 15.3. The van der Waals surface area contributed by atoms with Gasteiger partial charge in [0.15, 0.2) is 0 Å². The van der Waals surface area contributed by atoms with E-state index in [1.54, 1.807) is 38.1 Å². The first-order chi connectivity index (χ1) is 12.5. The maximum atomic E-state index is 12.2. The fourth-order valence-electron chi connectivity index (χ4n) is 2.96. The minimum atomic E-state index is -0.385. The minimum absolute atomic E-state index is 0.154. The number of likely N-dealkylation sites (tertiary alicyclic amines) is 1. The van der Waals surface area contributed by atoms with Crippen LogP contribution >= 0.6 is 0 Å². The minimum Gasteiger partial charge on any atom is -0.466 e. The SMILES string of the molecule is CCOC(=O)c1ccc(NC(=O)CN2CCCC(C(=O)OCC)C2)cc1. The molecule has 0 aliphatic carbocycles. The summed E-state index contributed by atoms with van der Waals surface area (Å²) in [4.78, 5) is 37.7. The van der Waals surface area contributed by atoms with Gasteiger partial charge in [-0.2, -0.15) is 0 Å². The number of piperidine rings is 1. The Morgan fingerprint density at radius 2 is 1.81 bits per heavy atom. The summed E-state index contributed by atoms with van der Waals surface area (Å²) in [5.41, 5.74) is 1.06. The van der Waals surface area contributed by atoms with E-state index < -0.39 is 0 Å². The average Bonchev–Trinajstić information content (AvgIpc) is 2.63. The van der Waals surface area contributed by atoms with E-state index in [1.165, 1.54) is 0 Å². The largest absolute Gasteiger partial charge is 0.466 e. The van der Waals surface area contributed by atoms with Crippen LogP contribution in [0, 0.1) is 5.92 Å². The zero-order chi connectivity index (χ0) is 18.9. The van der Waals surface area contributed by atoms with Gasteiger partial charge in [-0.25, -0.2) is 4.79 Å². The molecule has 1 atom stereocenters. The third kappa shape index (κ3) is 5.84. The number of ether oxygens (including phenoxy) is 2. The van der Waals surface area contributed by atoms with E-state index in [0.29, 0.717) is 31.0 Å². The van der Waals surface area contributed by atoms with Gasteiger partial charge in [-0.05, 0) is 57.5 Å². The molecule has 1 aliphatic heterocycles. The third-order valence-corrected chi connectivity index (χ3v) is 4.17. The molecule has 1 N–H and O–H groups in total. The number of anilines is 1. The van der Waals surface area contributed by atoms with Crippen molar-refractivity contribution in [3.63, 3.8) is 0 Å². The number of carbonyl (C=O) groups is 3. The molecule has 0 radical (unpaired) electrons. The van der Waals surface area contributed by atoms with Crippen molar-refractivity contribution in [2.45, 2.75) is 26.7 Å². The van der Waals surface area contributed by atoms with Crippen LogP contribution in [-0.4, -0.2) is 55.6 Å². The van der Waals surface area contributed by atoms with Crippen molar-refractivity contribution in [2.24, 2.45) is 5.92 Å². The van der Waals surface area contributed by atoms with Crippen molar-refractivity contribution in [1.29, 1.82) is 0 Å². The maximum Gasteiger partial charge on any atom is 0.338 e. The number of nitrogens with zero attached hydrogens (tertiary/aromatic N) is 1. The van der Waals surface area contributed by atoms with Gasteiger partial charge in [-0.3, -0.25) is 14.5 Å². The van der Waals surface area contributed by atoms with E-state index in [2.05, 4.69) is 5.32 Å². The number of nitrogens with one attached hydrogen (secondary N) is 1. The quantitative estimate of drug-likeness (QED) is 0.748. The van der Waals surface area contributed by atoms with E-state index in [0.717, 1.165) is 19.4 Å². The number of carbonyl (C=O) groups excluding carboxylic acids is 3. The predicted octanol–water partition coefficient (Wildman–Crippen LogP) is 2.08. The fraction of sp³-hybridized carbons (Fsp3) is 0.526. The van der Waals surface area contributed by atoms with Crippen LogP contribution in [0.3, 0.4) is 0 Å². The van der Waals surface area contributed by atoms with Gasteiger partial charge in [0.1, 0.15) is 0 Å². The summed E-state index contributed by atoms with van der Waals surface area (Å²) in [6, 6.07) is 6.57. The highest BCUT2D eigenvalue weighted by Crippen LogP contribution is 2.18. The number of hydrogen-bond acceptors (Lipinski definition) is 6. The van der Waals surface area contributed by atoms with Crippen molar-refractivity contribution in [3.05, 3.63) is 29.8 Å². The summed E-state index contributed by atoms with van der Waals surface area (Å²) >= 11 is 0. The standard InChI is InChI=1S/C19H26N2O5/c1-3-25-18(23)14-7-9-16(10-8-14)20-17(22)13-21-11-5-6-15(12-21)19(24)26-4-2/h7-10,15H,3-6,11-13H2,1-2H3,(H,20,22). The van der Waals surface area contributed by atoms with Crippen LogP contribution < -0.4 is 5.32 Å². The molecule has 0 aromatic heterocycles. The first kappa shape index (κ1) is 19.9. The van der Waals surface area contributed by atoms with Crippen LogP contribution in [0.25, 0.3) is 0 Å². The average molecular weight is 362 g/mol. The van der Waals surface area contributed by atoms with Crippen LogP contribution in [0.15, 0.2) is 24.3 Å². The first-order valence-electron chi connectivity index (χ1n) is 8.99. The van der Waals surface area contributed by atoms with Crippen molar-refractivity contribution in [2.75, 3.05) is 38.2 Å². The molecular weight excluding hydrogens is 336 g/mol. The summed E-state index contributed by atoms with van der Waals surface area (Å²) in [7, 11) is 0. The van der Waals surface area contributed by atoms with E-state index in [1.807, 2.05) is 4.90 Å². The second-order valence-corrected chi connectivity index (χ2v) is 6.17. The van der Waals surface area contributed by atoms with Crippen molar-refractivity contribution in [3.8, 4) is 0 Å². The smallest absolute Gasteiger partial charge is 0.338 e. The maximum absolute atomic E-state index is 12.2. The molecule has 1 heterocycles. The molecule has 7 nitrogen and oxygen atoms in total. The van der Waals surface area contributed by atoms with E-state index in [-0.39, 0.29) is 30.3 Å². The zero-order valence-electron chi connectivity index (χ0n) is 15.3. The number of esters is 2. The monoisotopic (exact) mass is 362 g/mol. The molecule has 7 heteroatoms. The molecule has 1 amide bonds. The Kier molecular flexibility index (Phi) is 7.59. The predicted molar refractivity (Wildman–Crippen MR) is 96.8 cm³/mol.